The first-order valence-corrected chi connectivity index (χ1v) is 9.90. The molecular formula is C19H20FN5O2S. The number of pyridine rings is 1. The summed E-state index contributed by atoms with van der Waals surface area (Å²) in [5.41, 5.74) is 2.65. The molecule has 4 heterocycles. The summed E-state index contributed by atoms with van der Waals surface area (Å²) in [4.78, 5) is 27.5. The van der Waals surface area contributed by atoms with E-state index in [-0.39, 0.29) is 11.9 Å². The smallest absolute Gasteiger partial charge is 0.274 e. The van der Waals surface area contributed by atoms with Gasteiger partial charge in [-0.15, -0.1) is 11.3 Å². The van der Waals surface area contributed by atoms with Gasteiger partial charge < -0.3 is 15.3 Å². The molecule has 0 spiro atoms. The number of thiophene rings is 1. The van der Waals surface area contributed by atoms with Crippen molar-refractivity contribution in [2.45, 2.75) is 32.4 Å². The minimum Gasteiger partial charge on any atom is -0.391 e. The highest BCUT2D eigenvalue weighted by Gasteiger charge is 2.29. The van der Waals surface area contributed by atoms with Crippen LogP contribution in [0.4, 0.5) is 10.3 Å². The summed E-state index contributed by atoms with van der Waals surface area (Å²) >= 11 is 1.43. The number of carbonyl (C=O) groups excluding carboxylic acids is 1. The van der Waals surface area contributed by atoms with Gasteiger partial charge >= 0.3 is 0 Å². The largest absolute Gasteiger partial charge is 0.391 e. The zero-order valence-electron chi connectivity index (χ0n) is 15.5. The van der Waals surface area contributed by atoms with Gasteiger partial charge in [0.1, 0.15) is 5.82 Å². The molecule has 4 rings (SSSR count). The number of aliphatic hydroxyl groups excluding tert-OH is 1. The van der Waals surface area contributed by atoms with Crippen molar-refractivity contribution in [1.29, 1.82) is 0 Å². The number of aryl methyl sites for hydroxylation is 1. The predicted molar refractivity (Wildman–Crippen MR) is 105 cm³/mol. The first kappa shape index (κ1) is 18.7. The van der Waals surface area contributed by atoms with E-state index in [0.29, 0.717) is 36.7 Å². The number of hydrogen-bond acceptors (Lipinski definition) is 7. The molecule has 9 heteroatoms. The molecule has 2 N–H and O–H groups in total. The van der Waals surface area contributed by atoms with E-state index in [1.54, 1.807) is 11.1 Å². The van der Waals surface area contributed by atoms with E-state index in [0.717, 1.165) is 22.0 Å². The van der Waals surface area contributed by atoms with Gasteiger partial charge in [-0.05, 0) is 42.8 Å². The number of rotatable bonds is 4. The number of amides is 1. The maximum Gasteiger partial charge on any atom is 0.274 e. The maximum atomic E-state index is 13.5. The Hall–Kier alpha value is -2.65. The van der Waals surface area contributed by atoms with E-state index in [9.17, 15) is 14.3 Å². The summed E-state index contributed by atoms with van der Waals surface area (Å²) in [7, 11) is 0. The quantitative estimate of drug-likeness (QED) is 0.699. The molecule has 0 aliphatic carbocycles. The monoisotopic (exact) mass is 401 g/mol. The van der Waals surface area contributed by atoms with Crippen molar-refractivity contribution in [3.05, 3.63) is 46.5 Å². The molecule has 28 heavy (non-hydrogen) atoms. The number of halogens is 1. The Labute approximate surface area is 165 Å². The van der Waals surface area contributed by atoms with Crippen molar-refractivity contribution in [3.8, 4) is 0 Å². The van der Waals surface area contributed by atoms with E-state index >= 15 is 0 Å². The van der Waals surface area contributed by atoms with Crippen LogP contribution in [0.3, 0.4) is 0 Å². The van der Waals surface area contributed by atoms with Crippen molar-refractivity contribution in [2.24, 2.45) is 0 Å². The van der Waals surface area contributed by atoms with Gasteiger partial charge in [0.05, 0.1) is 28.6 Å². The minimum atomic E-state index is -0.496. The molecule has 3 aromatic heterocycles. The summed E-state index contributed by atoms with van der Waals surface area (Å²) in [6, 6.07) is 1.10. The summed E-state index contributed by atoms with van der Waals surface area (Å²) in [5.74, 6) is -0.331. The lowest BCUT2D eigenvalue weighted by Gasteiger charge is -2.18. The second-order valence-corrected chi connectivity index (χ2v) is 7.87. The molecule has 0 radical (unpaired) electrons. The fraction of sp³-hybridized carbons (Fsp3) is 0.368. The summed E-state index contributed by atoms with van der Waals surface area (Å²) in [6.07, 6.45) is 2.80. The zero-order chi connectivity index (χ0) is 19.8. The second kappa shape index (κ2) is 7.40. The van der Waals surface area contributed by atoms with Gasteiger partial charge in [-0.2, -0.15) is 0 Å². The lowest BCUT2D eigenvalue weighted by Crippen LogP contribution is -2.30. The fourth-order valence-electron chi connectivity index (χ4n) is 3.26. The van der Waals surface area contributed by atoms with E-state index in [4.69, 9.17) is 0 Å². The van der Waals surface area contributed by atoms with Crippen molar-refractivity contribution >= 4 is 33.4 Å². The number of aromatic nitrogens is 3. The van der Waals surface area contributed by atoms with E-state index in [1.807, 2.05) is 19.2 Å². The number of carbonyl (C=O) groups is 1. The Morgan fingerprint density at radius 1 is 1.43 bits per heavy atom. The number of nitrogens with one attached hydrogen (secondary N) is 1. The van der Waals surface area contributed by atoms with Crippen LogP contribution in [0.25, 0.3) is 10.2 Å². The highest BCUT2D eigenvalue weighted by molar-refractivity contribution is 7.17. The molecule has 3 aromatic rings. The van der Waals surface area contributed by atoms with Gasteiger partial charge in [0, 0.05) is 19.3 Å². The van der Waals surface area contributed by atoms with Gasteiger partial charge in [0.2, 0.25) is 5.95 Å². The Bertz CT molecular complexity index is 1040. The lowest BCUT2D eigenvalue weighted by atomic mass is 10.1. The first-order chi connectivity index (χ1) is 13.4. The normalized spacial score (nSPS) is 17.9. The first-order valence-electron chi connectivity index (χ1n) is 9.02. The Morgan fingerprint density at radius 2 is 2.25 bits per heavy atom. The van der Waals surface area contributed by atoms with Crippen LogP contribution in [-0.4, -0.2) is 50.1 Å². The average Bonchev–Trinajstić information content (AvgIpc) is 3.27. The third-order valence-corrected chi connectivity index (χ3v) is 5.91. The molecule has 1 aliphatic rings. The van der Waals surface area contributed by atoms with Gasteiger partial charge in [-0.25, -0.2) is 14.4 Å². The average molecular weight is 401 g/mol. The van der Waals surface area contributed by atoms with Crippen LogP contribution in [0, 0.1) is 12.7 Å². The molecule has 0 aromatic carbocycles. The molecule has 1 unspecified atom stereocenters. The number of β-amino-alcohol motifs (C(OH)–C–C–N with tert-alkyl or cyclic N) is 1. The van der Waals surface area contributed by atoms with E-state index in [2.05, 4.69) is 20.3 Å². The number of aliphatic hydroxyl groups is 1. The molecule has 2 atom stereocenters. The van der Waals surface area contributed by atoms with Crippen LogP contribution in [-0.2, 0) is 0 Å². The van der Waals surface area contributed by atoms with Crippen molar-refractivity contribution in [1.82, 2.24) is 19.9 Å². The van der Waals surface area contributed by atoms with Crippen LogP contribution < -0.4 is 5.32 Å². The molecule has 146 valence electrons. The summed E-state index contributed by atoms with van der Waals surface area (Å²) in [6.45, 7) is 4.60. The highest BCUT2D eigenvalue weighted by atomic mass is 32.1. The molecular weight excluding hydrogens is 381 g/mol. The van der Waals surface area contributed by atoms with Crippen molar-refractivity contribution < 1.29 is 14.3 Å². The predicted octanol–water partition coefficient (Wildman–Crippen LogP) is 2.91. The summed E-state index contributed by atoms with van der Waals surface area (Å²) < 4.78 is 14.2. The fourth-order valence-corrected chi connectivity index (χ4v) is 4.23. The SMILES string of the molecule is Cc1csc2c(C(=O)N3CC[C@H](O)C3)nc(NC(C)c3cncc(F)c3)nc12. The number of fused-ring (bicyclic) bond motifs is 1. The summed E-state index contributed by atoms with van der Waals surface area (Å²) in [5, 5.41) is 14.8. The Morgan fingerprint density at radius 3 is 2.96 bits per heavy atom. The van der Waals surface area contributed by atoms with Crippen molar-refractivity contribution in [2.75, 3.05) is 18.4 Å². The third kappa shape index (κ3) is 3.55. The molecule has 1 fully saturated rings. The van der Waals surface area contributed by atoms with Crippen LogP contribution >= 0.6 is 11.3 Å². The van der Waals surface area contributed by atoms with Gasteiger partial charge in [0.25, 0.3) is 5.91 Å². The van der Waals surface area contributed by atoms with Gasteiger partial charge in [-0.3, -0.25) is 9.78 Å². The third-order valence-electron chi connectivity index (χ3n) is 4.82. The lowest BCUT2D eigenvalue weighted by molar-refractivity contribution is 0.0761. The highest BCUT2D eigenvalue weighted by Crippen LogP contribution is 2.30. The molecule has 1 aliphatic heterocycles. The van der Waals surface area contributed by atoms with Gasteiger partial charge in [-0.1, -0.05) is 0 Å². The van der Waals surface area contributed by atoms with E-state index < -0.39 is 11.9 Å². The number of likely N-dealkylation sites (tertiary alicyclic amines) is 1. The second-order valence-electron chi connectivity index (χ2n) is 6.99. The molecule has 0 bridgehead atoms. The zero-order valence-corrected chi connectivity index (χ0v) is 16.3. The number of anilines is 1. The Kier molecular flexibility index (Phi) is 4.94. The molecule has 7 nitrogen and oxygen atoms in total. The molecule has 0 saturated carbocycles. The molecule has 1 saturated heterocycles. The minimum absolute atomic E-state index is 0.214. The molecule has 1 amide bonds. The van der Waals surface area contributed by atoms with Crippen LogP contribution in [0.15, 0.2) is 23.8 Å². The number of hydrogen-bond donors (Lipinski definition) is 2. The van der Waals surface area contributed by atoms with Gasteiger partial charge in [0.15, 0.2) is 5.69 Å². The Balaban J connectivity index is 1.69. The van der Waals surface area contributed by atoms with Crippen LogP contribution in [0.1, 0.15) is 41.0 Å². The van der Waals surface area contributed by atoms with Crippen LogP contribution in [0.5, 0.6) is 0 Å². The van der Waals surface area contributed by atoms with Crippen molar-refractivity contribution in [3.63, 3.8) is 0 Å². The topological polar surface area (TPSA) is 91.2 Å². The number of nitrogens with zero attached hydrogens (tertiary/aromatic N) is 4. The van der Waals surface area contributed by atoms with Crippen LogP contribution in [0.2, 0.25) is 0 Å². The standard InChI is InChI=1S/C19H20FN5O2S/c1-10-9-28-17-15(10)23-19(22-11(2)12-5-13(20)7-21-6-12)24-16(17)18(27)25-4-3-14(26)8-25/h5-7,9,11,14,26H,3-4,8H2,1-2H3,(H,22,23,24)/t11?,14-/m0/s1. The van der Waals surface area contributed by atoms with E-state index in [1.165, 1.54) is 17.4 Å². The maximum absolute atomic E-state index is 13.5.